The van der Waals surface area contributed by atoms with Gasteiger partial charge in [0.2, 0.25) is 5.52 Å². The molecular weight excluding hydrogens is 595 g/mol. The Morgan fingerprint density at radius 1 is 0.911 bits per heavy atom. The predicted octanol–water partition coefficient (Wildman–Crippen LogP) is 9.44. The number of thioether (sulfide) groups is 1. The van der Waals surface area contributed by atoms with Gasteiger partial charge in [0.1, 0.15) is 22.7 Å². The van der Waals surface area contributed by atoms with Gasteiger partial charge in [-0.15, -0.1) is 0 Å². The molecule has 4 aromatic rings. The average Bonchev–Trinajstić information content (AvgIpc) is 3.73. The van der Waals surface area contributed by atoms with Crippen molar-refractivity contribution < 1.29 is 14.0 Å². The number of nitrogens with zero attached hydrogens (tertiary/aromatic N) is 3. The zero-order chi connectivity index (χ0) is 31.7. The number of likely N-dealkylation sites (N-methyl/N-ethyl adjacent to an activating group) is 1. The minimum Gasteiger partial charge on any atom is -0.496 e. The summed E-state index contributed by atoms with van der Waals surface area (Å²) in [4.78, 5) is 6.01. The summed E-state index contributed by atoms with van der Waals surface area (Å²) in [5, 5.41) is 2.50. The van der Waals surface area contributed by atoms with Crippen LogP contribution < -0.4 is 23.8 Å². The zero-order valence-electron chi connectivity index (χ0n) is 27.3. The third-order valence-corrected chi connectivity index (χ3v) is 11.0. The number of hydrogen-bond acceptors (Lipinski definition) is 6. The summed E-state index contributed by atoms with van der Waals surface area (Å²) in [7, 11) is 5.69. The van der Waals surface area contributed by atoms with E-state index in [1.165, 1.54) is 53.4 Å². The molecule has 0 N–H and O–H groups in total. The number of allylic oxidation sites excluding steroid dienone is 5. The number of rotatable bonds is 9. The summed E-state index contributed by atoms with van der Waals surface area (Å²) in [6.07, 6.45) is 11.3. The fraction of sp³-hybridized carbons (Fsp3) is 0.289. The van der Waals surface area contributed by atoms with Crippen molar-refractivity contribution in [3.05, 3.63) is 111 Å². The molecule has 2 heterocycles. The third kappa shape index (κ3) is 5.91. The third-order valence-electron chi connectivity index (χ3n) is 8.73. The maximum atomic E-state index is 5.62. The van der Waals surface area contributed by atoms with Gasteiger partial charge >= 0.3 is 0 Å². The topological polar surface area (TPSA) is 28.8 Å². The van der Waals surface area contributed by atoms with Crippen LogP contribution in [-0.2, 0) is 6.54 Å². The largest absolute Gasteiger partial charge is 0.496 e. The maximum Gasteiger partial charge on any atom is 0.262 e. The van der Waals surface area contributed by atoms with Gasteiger partial charge in [-0.3, -0.25) is 0 Å². The van der Waals surface area contributed by atoms with Gasteiger partial charge in [-0.2, -0.15) is 4.57 Å². The number of aryl methyl sites for hydroxylation is 3. The van der Waals surface area contributed by atoms with E-state index in [9.17, 15) is 0 Å². The molecule has 45 heavy (non-hydrogen) atoms. The minimum atomic E-state index is 0.916. The molecule has 0 amide bonds. The van der Waals surface area contributed by atoms with E-state index >= 15 is 0 Å². The number of thiazole rings is 1. The Hall–Kier alpha value is -3.94. The lowest BCUT2D eigenvalue weighted by Gasteiger charge is -2.23. The molecule has 0 atom stereocenters. The van der Waals surface area contributed by atoms with Crippen molar-refractivity contribution in [2.75, 3.05) is 37.6 Å². The van der Waals surface area contributed by atoms with Crippen LogP contribution in [0.25, 0.3) is 16.3 Å². The predicted molar refractivity (Wildman–Crippen MR) is 192 cm³/mol. The van der Waals surface area contributed by atoms with Crippen LogP contribution in [0.15, 0.2) is 99.6 Å². The first kappa shape index (κ1) is 31.1. The van der Waals surface area contributed by atoms with Crippen molar-refractivity contribution in [3.8, 4) is 11.5 Å². The van der Waals surface area contributed by atoms with Crippen molar-refractivity contribution in [1.29, 1.82) is 0 Å². The number of fused-ring (bicyclic) bond motifs is 2. The van der Waals surface area contributed by atoms with E-state index in [-0.39, 0.29) is 0 Å². The van der Waals surface area contributed by atoms with Gasteiger partial charge in [-0.25, -0.2) is 0 Å². The molecule has 5 nitrogen and oxygen atoms in total. The molecule has 0 saturated carbocycles. The molecule has 0 spiro atoms. The maximum absolute atomic E-state index is 5.62. The molecule has 6 rings (SSSR count). The van der Waals surface area contributed by atoms with Gasteiger partial charge in [0, 0.05) is 48.1 Å². The van der Waals surface area contributed by atoms with Gasteiger partial charge in [-0.1, -0.05) is 47.4 Å². The van der Waals surface area contributed by atoms with Crippen molar-refractivity contribution in [3.63, 3.8) is 0 Å². The van der Waals surface area contributed by atoms with Crippen molar-refractivity contribution in [2.45, 2.75) is 52.0 Å². The standard InChI is InChI=1S/C38H42N3O2S2/c1-8-40-30-21-25(3)32(42-6)23-34(30)44-36(40)19-17-27-15-16-28(38(27)39(5)29-13-11-10-12-14-29)18-20-37-41(9-2)31-22-26(4)33(43-7)24-35(31)45-37/h10-14,17-24H,8-9,15-16H2,1-7H3/q+1. The molecule has 3 aromatic carbocycles. The Labute approximate surface area is 275 Å². The summed E-state index contributed by atoms with van der Waals surface area (Å²) >= 11 is 3.65. The summed E-state index contributed by atoms with van der Waals surface area (Å²) in [6.45, 7) is 10.5. The van der Waals surface area contributed by atoms with Gasteiger partial charge in [0.15, 0.2) is 0 Å². The molecule has 2 aliphatic rings. The molecule has 0 fully saturated rings. The first-order valence-electron chi connectivity index (χ1n) is 15.6. The Kier molecular flexibility index (Phi) is 9.11. The molecule has 1 aromatic heterocycles. The summed E-state index contributed by atoms with van der Waals surface area (Å²) in [5.74, 6) is 1.88. The molecule has 0 saturated heterocycles. The van der Waals surface area contributed by atoms with Crippen LogP contribution in [-0.4, -0.2) is 27.8 Å². The van der Waals surface area contributed by atoms with Crippen molar-refractivity contribution >= 4 is 50.8 Å². The molecule has 1 aliphatic heterocycles. The van der Waals surface area contributed by atoms with Crippen LogP contribution in [0.2, 0.25) is 0 Å². The second kappa shape index (κ2) is 13.2. The van der Waals surface area contributed by atoms with Crippen molar-refractivity contribution in [1.82, 2.24) is 0 Å². The lowest BCUT2D eigenvalue weighted by atomic mass is 10.1. The van der Waals surface area contributed by atoms with Crippen molar-refractivity contribution in [2.24, 2.45) is 0 Å². The Morgan fingerprint density at radius 3 is 2.36 bits per heavy atom. The number of ether oxygens (including phenoxy) is 2. The van der Waals surface area contributed by atoms with Gasteiger partial charge < -0.3 is 19.3 Å². The monoisotopic (exact) mass is 636 g/mol. The quantitative estimate of drug-likeness (QED) is 0.171. The van der Waals surface area contributed by atoms with E-state index in [0.717, 1.165) is 48.6 Å². The van der Waals surface area contributed by atoms with Gasteiger partial charge in [0.05, 0.1) is 24.9 Å². The Bertz CT molecular complexity index is 1870. The van der Waals surface area contributed by atoms with E-state index in [4.69, 9.17) is 9.47 Å². The lowest BCUT2D eigenvalue weighted by Crippen LogP contribution is -2.33. The molecule has 232 valence electrons. The number of hydrogen-bond donors (Lipinski definition) is 0. The normalized spacial score (nSPS) is 16.6. The van der Waals surface area contributed by atoms with E-state index in [0.29, 0.717) is 0 Å². The van der Waals surface area contributed by atoms with E-state index in [1.807, 2.05) is 23.1 Å². The number of aromatic nitrogens is 1. The number of benzene rings is 3. The van der Waals surface area contributed by atoms with Crippen LogP contribution in [0, 0.1) is 13.8 Å². The highest BCUT2D eigenvalue weighted by Gasteiger charge is 2.27. The van der Waals surface area contributed by atoms with Gasteiger partial charge in [0.25, 0.3) is 5.01 Å². The van der Waals surface area contributed by atoms with E-state index in [1.54, 1.807) is 14.2 Å². The summed E-state index contributed by atoms with van der Waals surface area (Å²) < 4.78 is 14.9. The van der Waals surface area contributed by atoms with Crippen LogP contribution >= 0.6 is 23.1 Å². The fourth-order valence-electron chi connectivity index (χ4n) is 6.40. The zero-order valence-corrected chi connectivity index (χ0v) is 28.9. The van der Waals surface area contributed by atoms with E-state index in [2.05, 4.69) is 128 Å². The molecular formula is C38H42N3O2S2+. The molecule has 0 radical (unpaired) electrons. The van der Waals surface area contributed by atoms with Crippen LogP contribution in [0.5, 0.6) is 11.5 Å². The molecule has 0 bridgehead atoms. The summed E-state index contributed by atoms with van der Waals surface area (Å²) in [5.41, 5.74) is 10.0. The number of methoxy groups -OCH3 is 2. The first-order chi connectivity index (χ1) is 21.9. The second-order valence-corrected chi connectivity index (χ2v) is 13.5. The number of para-hydroxylation sites is 1. The second-order valence-electron chi connectivity index (χ2n) is 11.4. The highest BCUT2D eigenvalue weighted by Crippen LogP contribution is 2.48. The van der Waals surface area contributed by atoms with Crippen LogP contribution in [0.1, 0.15) is 42.8 Å². The SMILES string of the molecule is CCN1C(=CC=C2CCC(C=Cc3sc4cc(OC)c(C)cc4[n+]3CC)=C2N(C)c2ccccc2)Sc2cc(OC)c(C)cc21. The Balaban J connectivity index is 1.39. The highest BCUT2D eigenvalue weighted by molar-refractivity contribution is 8.03. The van der Waals surface area contributed by atoms with Crippen LogP contribution in [0.3, 0.4) is 0 Å². The lowest BCUT2D eigenvalue weighted by molar-refractivity contribution is -0.665. The number of anilines is 2. The molecule has 1 aliphatic carbocycles. The minimum absolute atomic E-state index is 0.916. The molecule has 7 heteroatoms. The van der Waals surface area contributed by atoms with Crippen LogP contribution in [0.4, 0.5) is 11.4 Å². The van der Waals surface area contributed by atoms with Gasteiger partial charge in [-0.05, 0) is 99.2 Å². The Morgan fingerprint density at radius 2 is 1.64 bits per heavy atom. The first-order valence-corrected chi connectivity index (χ1v) is 17.3. The smallest absolute Gasteiger partial charge is 0.262 e. The highest BCUT2D eigenvalue weighted by atomic mass is 32.2. The average molecular weight is 637 g/mol. The molecule has 0 unspecified atom stereocenters. The fourth-order valence-corrected chi connectivity index (χ4v) is 8.68. The summed E-state index contributed by atoms with van der Waals surface area (Å²) in [6, 6.07) is 19.5. The van der Waals surface area contributed by atoms with E-state index < -0.39 is 0 Å².